The highest BCUT2D eigenvalue weighted by Crippen LogP contribution is 2.42. The first-order valence-corrected chi connectivity index (χ1v) is 6.13. The highest BCUT2D eigenvalue weighted by molar-refractivity contribution is 5.00. The zero-order valence-electron chi connectivity index (χ0n) is 10.7. The van der Waals surface area contributed by atoms with Gasteiger partial charge in [0, 0.05) is 17.8 Å². The normalized spacial score (nSPS) is 28.0. The molecule has 2 rings (SSSR count). The average Bonchev–Trinajstić information content (AvgIpc) is 2.23. The van der Waals surface area contributed by atoms with Gasteiger partial charge in [0.2, 0.25) is 0 Å². The zero-order chi connectivity index (χ0) is 12.6. The maximum atomic E-state index is 12.0. The van der Waals surface area contributed by atoms with E-state index < -0.39 is 0 Å². The lowest BCUT2D eigenvalue weighted by molar-refractivity contribution is 0.0324. The van der Waals surface area contributed by atoms with Crippen molar-refractivity contribution in [2.75, 3.05) is 0 Å². The third-order valence-corrected chi connectivity index (χ3v) is 3.83. The molecule has 2 unspecified atom stereocenters. The van der Waals surface area contributed by atoms with Crippen LogP contribution in [0.25, 0.3) is 0 Å². The van der Waals surface area contributed by atoms with Gasteiger partial charge in [0.05, 0.1) is 12.4 Å². The Morgan fingerprint density at radius 3 is 2.88 bits per heavy atom. The van der Waals surface area contributed by atoms with Gasteiger partial charge in [-0.3, -0.25) is 9.36 Å². The summed E-state index contributed by atoms with van der Waals surface area (Å²) in [5, 5.41) is 9.78. The minimum Gasteiger partial charge on any atom is -0.393 e. The van der Waals surface area contributed by atoms with E-state index in [4.69, 9.17) is 0 Å². The van der Waals surface area contributed by atoms with Crippen LogP contribution in [0.15, 0.2) is 17.2 Å². The van der Waals surface area contributed by atoms with Crippen molar-refractivity contribution in [3.05, 3.63) is 28.4 Å². The van der Waals surface area contributed by atoms with Gasteiger partial charge in [-0.2, -0.15) is 0 Å². The second-order valence-electron chi connectivity index (χ2n) is 5.71. The topological polar surface area (TPSA) is 55.1 Å². The van der Waals surface area contributed by atoms with E-state index in [0.29, 0.717) is 6.42 Å². The number of aliphatic hydroxyl groups excluding tert-OH is 1. The van der Waals surface area contributed by atoms with E-state index in [9.17, 15) is 9.90 Å². The molecule has 17 heavy (non-hydrogen) atoms. The van der Waals surface area contributed by atoms with Crippen LogP contribution in [0.1, 0.15) is 44.8 Å². The summed E-state index contributed by atoms with van der Waals surface area (Å²) < 4.78 is 1.68. The van der Waals surface area contributed by atoms with Crippen LogP contribution in [0.3, 0.4) is 0 Å². The largest absolute Gasteiger partial charge is 0.393 e. The van der Waals surface area contributed by atoms with Crippen molar-refractivity contribution < 1.29 is 5.11 Å². The predicted molar refractivity (Wildman–Crippen MR) is 65.9 cm³/mol. The van der Waals surface area contributed by atoms with E-state index in [0.717, 1.165) is 18.5 Å². The molecular formula is C13H20N2O2. The molecule has 1 fully saturated rings. The predicted octanol–water partition coefficient (Wildman–Crippen LogP) is 1.66. The number of nitrogens with zero attached hydrogens (tertiary/aromatic N) is 2. The highest BCUT2D eigenvalue weighted by Gasteiger charge is 2.37. The van der Waals surface area contributed by atoms with Crippen LogP contribution < -0.4 is 5.56 Å². The third kappa shape index (κ3) is 2.41. The first kappa shape index (κ1) is 12.3. The van der Waals surface area contributed by atoms with Gasteiger partial charge < -0.3 is 5.11 Å². The molecule has 0 spiro atoms. The molecule has 0 amide bonds. The molecule has 4 nitrogen and oxygen atoms in total. The summed E-state index contributed by atoms with van der Waals surface area (Å²) in [7, 11) is 0. The molecular weight excluding hydrogens is 216 g/mol. The van der Waals surface area contributed by atoms with E-state index in [1.807, 2.05) is 6.92 Å². The van der Waals surface area contributed by atoms with Crippen molar-refractivity contribution in [3.8, 4) is 0 Å². The fourth-order valence-electron chi connectivity index (χ4n) is 2.62. The Kier molecular flexibility index (Phi) is 3.08. The summed E-state index contributed by atoms with van der Waals surface area (Å²) in [6, 6.07) is 1.59. The van der Waals surface area contributed by atoms with Crippen LogP contribution in [0, 0.1) is 12.3 Å². The van der Waals surface area contributed by atoms with Crippen LogP contribution in [0.4, 0.5) is 0 Å². The van der Waals surface area contributed by atoms with Crippen molar-refractivity contribution in [1.82, 2.24) is 9.55 Å². The molecule has 0 aliphatic heterocycles. The van der Waals surface area contributed by atoms with Gasteiger partial charge in [0.15, 0.2) is 0 Å². The monoisotopic (exact) mass is 236 g/mol. The lowest BCUT2D eigenvalue weighted by Gasteiger charge is -2.41. The Bertz CT molecular complexity index is 465. The first-order chi connectivity index (χ1) is 7.90. The summed E-state index contributed by atoms with van der Waals surface area (Å²) >= 11 is 0. The van der Waals surface area contributed by atoms with Crippen LogP contribution in [-0.4, -0.2) is 20.8 Å². The van der Waals surface area contributed by atoms with Crippen molar-refractivity contribution in [3.63, 3.8) is 0 Å². The van der Waals surface area contributed by atoms with Gasteiger partial charge in [-0.25, -0.2) is 4.98 Å². The Balaban J connectivity index is 2.40. The minimum atomic E-state index is -0.304. The van der Waals surface area contributed by atoms with Gasteiger partial charge in [0.25, 0.3) is 5.56 Å². The SMILES string of the molecule is Cc1cc(=O)n(C2CC(O)CCC2(C)C)cn1. The molecule has 0 aromatic carbocycles. The summed E-state index contributed by atoms with van der Waals surface area (Å²) in [4.78, 5) is 16.2. The molecule has 0 bridgehead atoms. The highest BCUT2D eigenvalue weighted by atomic mass is 16.3. The van der Waals surface area contributed by atoms with E-state index in [2.05, 4.69) is 18.8 Å². The Hall–Kier alpha value is -1.16. The van der Waals surface area contributed by atoms with Crippen LogP contribution >= 0.6 is 0 Å². The van der Waals surface area contributed by atoms with Crippen LogP contribution in [0.2, 0.25) is 0 Å². The van der Waals surface area contributed by atoms with Crippen molar-refractivity contribution in [1.29, 1.82) is 0 Å². The second kappa shape index (κ2) is 4.26. The Labute approximate surface area is 101 Å². The smallest absolute Gasteiger partial charge is 0.253 e. The summed E-state index contributed by atoms with van der Waals surface area (Å²) in [5.74, 6) is 0. The number of hydrogen-bond acceptors (Lipinski definition) is 3. The second-order valence-corrected chi connectivity index (χ2v) is 5.71. The molecule has 1 aromatic heterocycles. The van der Waals surface area contributed by atoms with Gasteiger partial charge >= 0.3 is 0 Å². The van der Waals surface area contributed by atoms with Crippen LogP contribution in [0.5, 0.6) is 0 Å². The fourth-order valence-corrected chi connectivity index (χ4v) is 2.62. The minimum absolute atomic E-state index is 0.0234. The van der Waals surface area contributed by atoms with E-state index in [1.54, 1.807) is 17.0 Å². The lowest BCUT2D eigenvalue weighted by Crippen LogP contribution is -2.40. The first-order valence-electron chi connectivity index (χ1n) is 6.13. The molecule has 1 N–H and O–H groups in total. The van der Waals surface area contributed by atoms with Crippen molar-refractivity contribution >= 4 is 0 Å². The summed E-state index contributed by atoms with van der Waals surface area (Å²) in [6.45, 7) is 6.11. The van der Waals surface area contributed by atoms with E-state index in [1.165, 1.54) is 0 Å². The lowest BCUT2D eigenvalue weighted by atomic mass is 9.72. The zero-order valence-corrected chi connectivity index (χ0v) is 10.7. The van der Waals surface area contributed by atoms with Gasteiger partial charge in [-0.05, 0) is 31.6 Å². The van der Waals surface area contributed by atoms with Gasteiger partial charge in [0.1, 0.15) is 0 Å². The molecule has 94 valence electrons. The Morgan fingerprint density at radius 2 is 2.24 bits per heavy atom. The van der Waals surface area contributed by atoms with Gasteiger partial charge in [-0.1, -0.05) is 13.8 Å². The molecule has 0 radical (unpaired) electrons. The molecule has 2 atom stereocenters. The quantitative estimate of drug-likeness (QED) is 0.807. The maximum absolute atomic E-state index is 12.0. The van der Waals surface area contributed by atoms with Crippen molar-refractivity contribution in [2.24, 2.45) is 5.41 Å². The maximum Gasteiger partial charge on any atom is 0.253 e. The molecule has 1 aliphatic carbocycles. The van der Waals surface area contributed by atoms with E-state index in [-0.39, 0.29) is 23.1 Å². The molecule has 1 aromatic rings. The van der Waals surface area contributed by atoms with Gasteiger partial charge in [-0.15, -0.1) is 0 Å². The number of aromatic nitrogens is 2. The molecule has 0 saturated heterocycles. The third-order valence-electron chi connectivity index (χ3n) is 3.83. The molecule has 1 heterocycles. The standard InChI is InChI=1S/C13H20N2O2/c1-9-6-12(17)15(8-14-9)11-7-10(16)4-5-13(11,2)3/h6,8,10-11,16H,4-5,7H2,1-3H3. The average molecular weight is 236 g/mol. The number of hydrogen-bond donors (Lipinski definition) is 1. The number of rotatable bonds is 1. The summed E-state index contributed by atoms with van der Waals surface area (Å²) in [6.07, 6.45) is 3.69. The fraction of sp³-hybridized carbons (Fsp3) is 0.692. The summed E-state index contributed by atoms with van der Waals surface area (Å²) in [5.41, 5.74) is 0.741. The molecule has 4 heteroatoms. The number of aryl methyl sites for hydroxylation is 1. The van der Waals surface area contributed by atoms with Crippen molar-refractivity contribution in [2.45, 2.75) is 52.2 Å². The molecule has 1 aliphatic rings. The van der Waals surface area contributed by atoms with E-state index >= 15 is 0 Å². The van der Waals surface area contributed by atoms with Crippen LogP contribution in [-0.2, 0) is 0 Å². The Morgan fingerprint density at radius 1 is 1.53 bits per heavy atom. The number of aliphatic hydroxyl groups is 1. The molecule has 1 saturated carbocycles.